The predicted octanol–water partition coefficient (Wildman–Crippen LogP) is 8.20. The first-order chi connectivity index (χ1) is 14.6. The lowest BCUT2D eigenvalue weighted by molar-refractivity contribution is 0.660. The van der Waals surface area contributed by atoms with Gasteiger partial charge in [0.2, 0.25) is 0 Å². The van der Waals surface area contributed by atoms with Gasteiger partial charge in [-0.1, -0.05) is 81.1 Å². The van der Waals surface area contributed by atoms with E-state index < -0.39 is 0 Å². The van der Waals surface area contributed by atoms with Crippen LogP contribution in [0.4, 0.5) is 0 Å². The quantitative estimate of drug-likeness (QED) is 0.298. The lowest BCUT2D eigenvalue weighted by Gasteiger charge is -2.21. The second-order valence-corrected chi connectivity index (χ2v) is 8.67. The van der Waals surface area contributed by atoms with Gasteiger partial charge >= 0.3 is 0 Å². The molecule has 30 heavy (non-hydrogen) atoms. The van der Waals surface area contributed by atoms with Crippen LogP contribution in [0.15, 0.2) is 89.9 Å². The summed E-state index contributed by atoms with van der Waals surface area (Å²) in [5.41, 5.74) is 10.9. The maximum atomic E-state index is 6.09. The largest absolute Gasteiger partial charge is 0.456 e. The van der Waals surface area contributed by atoms with Crippen LogP contribution in [0, 0.1) is 0 Å². The van der Waals surface area contributed by atoms with Gasteiger partial charge in [0.15, 0.2) is 0 Å². The van der Waals surface area contributed by atoms with Crippen LogP contribution in [0.1, 0.15) is 30.5 Å². The molecule has 1 heterocycles. The Kier molecular flexibility index (Phi) is 3.44. The van der Waals surface area contributed by atoms with Crippen LogP contribution in [0.2, 0.25) is 0 Å². The first-order valence-electron chi connectivity index (χ1n) is 10.4. The van der Waals surface area contributed by atoms with E-state index in [2.05, 4.69) is 87.2 Å². The van der Waals surface area contributed by atoms with E-state index in [9.17, 15) is 0 Å². The summed E-state index contributed by atoms with van der Waals surface area (Å²) in [6.07, 6.45) is 1.90. The molecule has 0 spiro atoms. The van der Waals surface area contributed by atoms with Crippen molar-refractivity contribution in [3.63, 3.8) is 0 Å². The third-order valence-corrected chi connectivity index (χ3v) is 6.66. The molecule has 0 aliphatic heterocycles. The van der Waals surface area contributed by atoms with Crippen LogP contribution in [-0.4, -0.2) is 0 Å². The molecule has 0 saturated carbocycles. The summed E-state index contributed by atoms with van der Waals surface area (Å²) >= 11 is 0. The number of rotatable bonds is 2. The number of furan rings is 1. The molecule has 1 nitrogen and oxygen atoms in total. The van der Waals surface area contributed by atoms with Gasteiger partial charge in [0.1, 0.15) is 11.2 Å². The number of hydrogen-bond donors (Lipinski definition) is 0. The average molecular weight is 386 g/mol. The third-order valence-electron chi connectivity index (χ3n) is 6.66. The van der Waals surface area contributed by atoms with E-state index in [4.69, 9.17) is 4.42 Å². The SMILES string of the molecule is C=Cc1cccc2oc3ccc(-c4ccc5c(c4)-c4ccccc4C5(C)C)cc3c12. The zero-order valence-corrected chi connectivity index (χ0v) is 17.2. The lowest BCUT2D eigenvalue weighted by Crippen LogP contribution is -2.14. The predicted molar refractivity (Wildman–Crippen MR) is 127 cm³/mol. The first kappa shape index (κ1) is 17.3. The Morgan fingerprint density at radius 3 is 2.37 bits per heavy atom. The van der Waals surface area contributed by atoms with Gasteiger partial charge in [-0.3, -0.25) is 0 Å². The Labute approximate surface area is 176 Å². The van der Waals surface area contributed by atoms with Gasteiger partial charge in [-0.15, -0.1) is 0 Å². The molecule has 5 aromatic rings. The van der Waals surface area contributed by atoms with Crippen LogP contribution in [0.3, 0.4) is 0 Å². The molecule has 4 aromatic carbocycles. The Bertz CT molecular complexity index is 1480. The molecule has 0 N–H and O–H groups in total. The van der Waals surface area contributed by atoms with Gasteiger partial charge in [-0.05, 0) is 63.2 Å². The molecular formula is C29H22O. The fourth-order valence-corrected chi connectivity index (χ4v) is 5.10. The van der Waals surface area contributed by atoms with Crippen LogP contribution in [-0.2, 0) is 5.41 Å². The fraction of sp³-hybridized carbons (Fsp3) is 0.103. The minimum Gasteiger partial charge on any atom is -0.456 e. The second kappa shape index (κ2) is 5.96. The Morgan fingerprint density at radius 1 is 0.733 bits per heavy atom. The highest BCUT2D eigenvalue weighted by atomic mass is 16.3. The summed E-state index contributed by atoms with van der Waals surface area (Å²) in [5.74, 6) is 0. The van der Waals surface area contributed by atoms with Crippen molar-refractivity contribution in [1.82, 2.24) is 0 Å². The molecule has 0 bridgehead atoms. The molecule has 6 rings (SSSR count). The molecule has 0 radical (unpaired) electrons. The fourth-order valence-electron chi connectivity index (χ4n) is 5.10. The van der Waals surface area contributed by atoms with Crippen LogP contribution in [0.25, 0.3) is 50.3 Å². The second-order valence-electron chi connectivity index (χ2n) is 8.67. The summed E-state index contributed by atoms with van der Waals surface area (Å²) in [4.78, 5) is 0. The number of fused-ring (bicyclic) bond motifs is 6. The highest BCUT2D eigenvalue weighted by Crippen LogP contribution is 2.49. The number of hydrogen-bond acceptors (Lipinski definition) is 1. The van der Waals surface area contributed by atoms with Gasteiger partial charge in [0, 0.05) is 16.2 Å². The van der Waals surface area contributed by atoms with Crippen molar-refractivity contribution in [2.45, 2.75) is 19.3 Å². The zero-order valence-electron chi connectivity index (χ0n) is 17.2. The molecule has 0 fully saturated rings. The summed E-state index contributed by atoms with van der Waals surface area (Å²) < 4.78 is 6.09. The maximum Gasteiger partial charge on any atom is 0.136 e. The molecule has 1 heteroatoms. The smallest absolute Gasteiger partial charge is 0.136 e. The minimum absolute atomic E-state index is 0.0357. The van der Waals surface area contributed by atoms with E-state index in [1.165, 1.54) is 33.4 Å². The van der Waals surface area contributed by atoms with Crippen molar-refractivity contribution in [3.8, 4) is 22.3 Å². The van der Waals surface area contributed by atoms with Crippen LogP contribution >= 0.6 is 0 Å². The van der Waals surface area contributed by atoms with Crippen molar-refractivity contribution in [2.24, 2.45) is 0 Å². The molecule has 144 valence electrons. The lowest BCUT2D eigenvalue weighted by atomic mass is 9.82. The van der Waals surface area contributed by atoms with E-state index in [-0.39, 0.29) is 5.41 Å². The summed E-state index contributed by atoms with van der Waals surface area (Å²) in [6.45, 7) is 8.62. The van der Waals surface area contributed by atoms with Gasteiger partial charge in [0.05, 0.1) is 0 Å². The van der Waals surface area contributed by atoms with Crippen molar-refractivity contribution in [3.05, 3.63) is 102 Å². The molecule has 1 aliphatic carbocycles. The van der Waals surface area contributed by atoms with Gasteiger partial charge in [-0.2, -0.15) is 0 Å². The standard InChI is InChI=1S/C29H22O/c1-4-18-8-7-11-27-28(18)23-17-20(13-15-26(23)30-27)19-12-14-25-22(16-19)21-9-5-6-10-24(21)29(25,2)3/h4-17H,1H2,2-3H3. The zero-order chi connectivity index (χ0) is 20.5. The Balaban J connectivity index is 1.58. The van der Waals surface area contributed by atoms with Crippen molar-refractivity contribution < 1.29 is 4.42 Å². The highest BCUT2D eigenvalue weighted by molar-refractivity contribution is 6.10. The summed E-state index contributed by atoms with van der Waals surface area (Å²) in [5, 5.41) is 2.27. The average Bonchev–Trinajstić information content (AvgIpc) is 3.26. The van der Waals surface area contributed by atoms with E-state index in [1.807, 2.05) is 18.2 Å². The minimum atomic E-state index is 0.0357. The number of benzene rings is 4. The summed E-state index contributed by atoms with van der Waals surface area (Å²) in [6, 6.07) is 28.3. The summed E-state index contributed by atoms with van der Waals surface area (Å²) in [7, 11) is 0. The molecule has 0 unspecified atom stereocenters. The first-order valence-corrected chi connectivity index (χ1v) is 10.4. The molecule has 1 aliphatic rings. The van der Waals surface area contributed by atoms with Crippen molar-refractivity contribution in [1.29, 1.82) is 0 Å². The maximum absolute atomic E-state index is 6.09. The monoisotopic (exact) mass is 386 g/mol. The third kappa shape index (κ3) is 2.23. The van der Waals surface area contributed by atoms with E-state index in [0.29, 0.717) is 0 Å². The topological polar surface area (TPSA) is 13.1 Å². The van der Waals surface area contributed by atoms with E-state index >= 15 is 0 Å². The Hall–Kier alpha value is -3.58. The molecule has 0 atom stereocenters. The normalized spacial score (nSPS) is 14.1. The van der Waals surface area contributed by atoms with Crippen molar-refractivity contribution >= 4 is 28.0 Å². The van der Waals surface area contributed by atoms with E-state index in [0.717, 1.165) is 27.5 Å². The Morgan fingerprint density at radius 2 is 1.50 bits per heavy atom. The van der Waals surface area contributed by atoms with E-state index in [1.54, 1.807) is 0 Å². The molecule has 1 aromatic heterocycles. The van der Waals surface area contributed by atoms with Gasteiger partial charge in [-0.25, -0.2) is 0 Å². The highest BCUT2D eigenvalue weighted by Gasteiger charge is 2.35. The van der Waals surface area contributed by atoms with Crippen LogP contribution < -0.4 is 0 Å². The van der Waals surface area contributed by atoms with Crippen LogP contribution in [0.5, 0.6) is 0 Å². The molecule has 0 saturated heterocycles. The molecular weight excluding hydrogens is 364 g/mol. The van der Waals surface area contributed by atoms with Gasteiger partial charge in [0.25, 0.3) is 0 Å². The van der Waals surface area contributed by atoms with Crippen molar-refractivity contribution in [2.75, 3.05) is 0 Å². The van der Waals surface area contributed by atoms with Gasteiger partial charge < -0.3 is 4.42 Å². The molecule has 0 amide bonds.